The SMILES string of the molecule is CC(C)C(NC(=O)CN)C(=O)NC(CC(N)=O)C(=O)NC(Cc1cnc[nH]1)C(=O)O. The molecular weight excluding hydrogens is 398 g/mol. The summed E-state index contributed by atoms with van der Waals surface area (Å²) < 4.78 is 0. The van der Waals surface area contributed by atoms with Gasteiger partial charge >= 0.3 is 5.97 Å². The lowest BCUT2D eigenvalue weighted by atomic mass is 10.0. The molecule has 13 heteroatoms. The van der Waals surface area contributed by atoms with Crippen molar-refractivity contribution in [2.45, 2.75) is 44.8 Å². The van der Waals surface area contributed by atoms with E-state index in [-0.39, 0.29) is 18.9 Å². The van der Waals surface area contributed by atoms with Crippen molar-refractivity contribution < 1.29 is 29.1 Å². The highest BCUT2D eigenvalue weighted by Gasteiger charge is 2.31. The van der Waals surface area contributed by atoms with Crippen molar-refractivity contribution in [2.24, 2.45) is 17.4 Å². The summed E-state index contributed by atoms with van der Waals surface area (Å²) in [6, 6.07) is -3.80. The van der Waals surface area contributed by atoms with Crippen LogP contribution in [-0.4, -0.2) is 69.3 Å². The van der Waals surface area contributed by atoms with Crippen molar-refractivity contribution in [3.8, 4) is 0 Å². The summed E-state index contributed by atoms with van der Waals surface area (Å²) in [5, 5.41) is 16.4. The van der Waals surface area contributed by atoms with Gasteiger partial charge in [0.1, 0.15) is 18.1 Å². The van der Waals surface area contributed by atoms with Gasteiger partial charge in [-0.2, -0.15) is 0 Å². The summed E-state index contributed by atoms with van der Waals surface area (Å²) in [4.78, 5) is 66.1. The molecule has 4 amide bonds. The number of carboxylic acids is 1. The molecular formula is C17H27N7O6. The van der Waals surface area contributed by atoms with Crippen LogP contribution in [-0.2, 0) is 30.4 Å². The summed E-state index contributed by atoms with van der Waals surface area (Å²) in [6.07, 6.45) is 2.09. The Bertz CT molecular complexity index is 765. The maximum atomic E-state index is 12.6. The van der Waals surface area contributed by atoms with Crippen LogP contribution in [0.15, 0.2) is 12.5 Å². The van der Waals surface area contributed by atoms with E-state index in [4.69, 9.17) is 11.5 Å². The number of aromatic nitrogens is 2. The number of carboxylic acid groups (broad SMARTS) is 1. The Hall–Kier alpha value is -3.48. The molecule has 0 aromatic carbocycles. The topological polar surface area (TPSA) is 222 Å². The number of primary amides is 1. The molecule has 3 unspecified atom stereocenters. The monoisotopic (exact) mass is 425 g/mol. The number of hydrogen-bond acceptors (Lipinski definition) is 7. The fourth-order valence-corrected chi connectivity index (χ4v) is 2.53. The first-order valence-electron chi connectivity index (χ1n) is 9.13. The first kappa shape index (κ1) is 24.6. The van der Waals surface area contributed by atoms with Gasteiger partial charge in [-0.25, -0.2) is 9.78 Å². The minimum Gasteiger partial charge on any atom is -0.480 e. The van der Waals surface area contributed by atoms with Crippen LogP contribution >= 0.6 is 0 Å². The molecule has 30 heavy (non-hydrogen) atoms. The smallest absolute Gasteiger partial charge is 0.326 e. The predicted octanol–water partition coefficient (Wildman–Crippen LogP) is -3.02. The zero-order chi connectivity index (χ0) is 22.8. The minimum absolute atomic E-state index is 0.0977. The molecule has 3 atom stereocenters. The number of nitrogens with one attached hydrogen (secondary N) is 4. The van der Waals surface area contributed by atoms with Crippen molar-refractivity contribution in [1.29, 1.82) is 0 Å². The highest BCUT2D eigenvalue weighted by Crippen LogP contribution is 2.05. The normalized spacial score (nSPS) is 13.7. The van der Waals surface area contributed by atoms with Crippen LogP contribution in [0.1, 0.15) is 26.0 Å². The fraction of sp³-hybridized carbons (Fsp3) is 0.529. The Kier molecular flexibility index (Phi) is 9.42. The van der Waals surface area contributed by atoms with Crippen LogP contribution in [0.2, 0.25) is 0 Å². The van der Waals surface area contributed by atoms with Crippen molar-refractivity contribution in [1.82, 2.24) is 25.9 Å². The molecule has 9 N–H and O–H groups in total. The molecule has 0 spiro atoms. The number of aliphatic carboxylic acids is 1. The quantitative estimate of drug-likeness (QED) is 0.182. The van der Waals surface area contributed by atoms with E-state index in [1.165, 1.54) is 12.5 Å². The van der Waals surface area contributed by atoms with Crippen molar-refractivity contribution in [2.75, 3.05) is 6.54 Å². The lowest BCUT2D eigenvalue weighted by molar-refractivity contribution is -0.142. The van der Waals surface area contributed by atoms with Gasteiger partial charge in [-0.05, 0) is 5.92 Å². The molecule has 1 rings (SSSR count). The Morgan fingerprint density at radius 3 is 2.20 bits per heavy atom. The second-order valence-electron chi connectivity index (χ2n) is 6.91. The zero-order valence-corrected chi connectivity index (χ0v) is 16.7. The zero-order valence-electron chi connectivity index (χ0n) is 16.7. The van der Waals surface area contributed by atoms with Gasteiger partial charge in [-0.15, -0.1) is 0 Å². The summed E-state index contributed by atoms with van der Waals surface area (Å²) in [6.45, 7) is 2.99. The highest BCUT2D eigenvalue weighted by molar-refractivity contribution is 5.95. The van der Waals surface area contributed by atoms with Gasteiger partial charge < -0.3 is 37.5 Å². The van der Waals surface area contributed by atoms with E-state index < -0.39 is 54.1 Å². The Labute approximate surface area is 172 Å². The van der Waals surface area contributed by atoms with Gasteiger partial charge in [-0.1, -0.05) is 13.8 Å². The third kappa shape index (κ3) is 7.87. The van der Waals surface area contributed by atoms with Crippen LogP contribution in [0.5, 0.6) is 0 Å². The Balaban J connectivity index is 2.93. The fourth-order valence-electron chi connectivity index (χ4n) is 2.53. The van der Waals surface area contributed by atoms with Gasteiger partial charge in [0, 0.05) is 18.3 Å². The minimum atomic E-state index is -1.44. The number of carbonyl (C=O) groups is 5. The molecule has 1 heterocycles. The molecule has 1 aromatic heterocycles. The molecule has 0 aliphatic carbocycles. The third-order valence-corrected chi connectivity index (χ3v) is 4.08. The van der Waals surface area contributed by atoms with Crippen molar-refractivity contribution in [3.63, 3.8) is 0 Å². The maximum Gasteiger partial charge on any atom is 0.326 e. The third-order valence-electron chi connectivity index (χ3n) is 4.08. The second kappa shape index (κ2) is 11.5. The van der Waals surface area contributed by atoms with Crippen LogP contribution in [0.4, 0.5) is 0 Å². The predicted molar refractivity (Wildman–Crippen MR) is 103 cm³/mol. The second-order valence-corrected chi connectivity index (χ2v) is 6.91. The van der Waals surface area contributed by atoms with Crippen LogP contribution in [0, 0.1) is 5.92 Å². The standard InChI is InChI=1S/C17H27N7O6/c1-8(2)14(24-13(26)5-18)16(28)22-10(4-12(19)25)15(27)23-11(17(29)30)3-9-6-20-7-21-9/h6-8,10-11,14H,3-5,18H2,1-2H3,(H2,19,25)(H,20,21)(H,22,28)(H,23,27)(H,24,26)(H,29,30). The number of nitrogens with two attached hydrogens (primary N) is 2. The van der Waals surface area contributed by atoms with Gasteiger partial charge in [0.2, 0.25) is 23.6 Å². The molecule has 0 fully saturated rings. The van der Waals surface area contributed by atoms with Gasteiger partial charge in [0.05, 0.1) is 19.3 Å². The number of H-pyrrole nitrogens is 1. The summed E-state index contributed by atoms with van der Waals surface area (Å²) in [5.74, 6) is -4.80. The van der Waals surface area contributed by atoms with E-state index in [9.17, 15) is 29.1 Å². The van der Waals surface area contributed by atoms with E-state index in [1.54, 1.807) is 13.8 Å². The van der Waals surface area contributed by atoms with E-state index in [2.05, 4.69) is 25.9 Å². The molecule has 13 nitrogen and oxygen atoms in total. The number of rotatable bonds is 12. The Morgan fingerprint density at radius 1 is 1.10 bits per heavy atom. The van der Waals surface area contributed by atoms with E-state index in [0.29, 0.717) is 5.69 Å². The molecule has 0 bridgehead atoms. The molecule has 0 saturated carbocycles. The van der Waals surface area contributed by atoms with Gasteiger partial charge in [0.15, 0.2) is 0 Å². The Morgan fingerprint density at radius 2 is 1.73 bits per heavy atom. The highest BCUT2D eigenvalue weighted by atomic mass is 16.4. The largest absolute Gasteiger partial charge is 0.480 e. The van der Waals surface area contributed by atoms with E-state index in [0.717, 1.165) is 0 Å². The number of hydrogen-bond donors (Lipinski definition) is 7. The molecule has 166 valence electrons. The summed E-state index contributed by atoms with van der Waals surface area (Å²) >= 11 is 0. The maximum absolute atomic E-state index is 12.6. The molecule has 0 aliphatic rings. The number of amides is 4. The van der Waals surface area contributed by atoms with Gasteiger partial charge in [-0.3, -0.25) is 19.2 Å². The van der Waals surface area contributed by atoms with Gasteiger partial charge in [0.25, 0.3) is 0 Å². The first-order chi connectivity index (χ1) is 14.0. The number of aromatic amines is 1. The molecule has 0 radical (unpaired) electrons. The number of imidazole rings is 1. The molecule has 0 saturated heterocycles. The first-order valence-corrected chi connectivity index (χ1v) is 9.13. The van der Waals surface area contributed by atoms with Crippen molar-refractivity contribution >= 4 is 29.6 Å². The average Bonchev–Trinajstić information content (AvgIpc) is 3.16. The van der Waals surface area contributed by atoms with E-state index >= 15 is 0 Å². The van der Waals surface area contributed by atoms with E-state index in [1.807, 2.05) is 0 Å². The number of nitrogens with zero attached hydrogens (tertiary/aromatic N) is 1. The summed E-state index contributed by atoms with van der Waals surface area (Å²) in [5.41, 5.74) is 10.9. The lowest BCUT2D eigenvalue weighted by Gasteiger charge is -2.25. The van der Waals surface area contributed by atoms with Crippen LogP contribution < -0.4 is 27.4 Å². The molecule has 0 aliphatic heterocycles. The average molecular weight is 425 g/mol. The molecule has 1 aromatic rings. The van der Waals surface area contributed by atoms with Crippen LogP contribution in [0.25, 0.3) is 0 Å². The lowest BCUT2D eigenvalue weighted by Crippen LogP contribution is -2.58. The van der Waals surface area contributed by atoms with Crippen LogP contribution in [0.3, 0.4) is 0 Å². The summed E-state index contributed by atoms with van der Waals surface area (Å²) in [7, 11) is 0. The number of carbonyl (C=O) groups excluding carboxylic acids is 4. The van der Waals surface area contributed by atoms with Crippen molar-refractivity contribution in [3.05, 3.63) is 18.2 Å².